The highest BCUT2D eigenvalue weighted by Gasteiger charge is 1.97. The van der Waals surface area contributed by atoms with Crippen molar-refractivity contribution in [1.29, 1.82) is 0 Å². The van der Waals surface area contributed by atoms with Crippen molar-refractivity contribution < 1.29 is 9.90 Å². The van der Waals surface area contributed by atoms with Crippen LogP contribution in [0.4, 0.5) is 0 Å². The van der Waals surface area contributed by atoms with E-state index < -0.39 is 0 Å². The molecule has 2 heteroatoms. The summed E-state index contributed by atoms with van der Waals surface area (Å²) in [6.07, 6.45) is 3.05. The van der Waals surface area contributed by atoms with E-state index in [0.717, 1.165) is 6.42 Å². The second kappa shape index (κ2) is 4.78. The Bertz CT molecular complexity index is 61.5. The summed E-state index contributed by atoms with van der Waals surface area (Å²) in [7, 11) is 0. The molecule has 0 bridgehead atoms. The average molecular weight is 115 g/mol. The Balaban J connectivity index is 2.97. The number of hydrogen-bond acceptors (Lipinski definition) is 2. The first-order chi connectivity index (χ1) is 3.81. The van der Waals surface area contributed by atoms with Crippen LogP contribution in [0.3, 0.4) is 0 Å². The quantitative estimate of drug-likeness (QED) is 0.584. The molecule has 0 aliphatic heterocycles. The summed E-state index contributed by atoms with van der Waals surface area (Å²) in [6.45, 7) is 1.88. The average Bonchev–Trinajstić information content (AvgIpc) is 1.83. The van der Waals surface area contributed by atoms with Gasteiger partial charge in [0.1, 0.15) is 0 Å². The van der Waals surface area contributed by atoms with E-state index in [0.29, 0.717) is 12.8 Å². The highest BCUT2D eigenvalue weighted by atomic mass is 16.3. The molecular weight excluding hydrogens is 104 g/mol. The molecular formula is C6H11O2. The van der Waals surface area contributed by atoms with Gasteiger partial charge in [0.25, 0.3) is 0 Å². The highest BCUT2D eigenvalue weighted by Crippen LogP contribution is 1.97. The molecule has 0 saturated carbocycles. The molecule has 0 spiro atoms. The van der Waals surface area contributed by atoms with Gasteiger partial charge in [-0.2, -0.15) is 0 Å². The summed E-state index contributed by atoms with van der Waals surface area (Å²) in [6, 6.07) is 0. The van der Waals surface area contributed by atoms with E-state index >= 15 is 0 Å². The Kier molecular flexibility index (Phi) is 4.56. The van der Waals surface area contributed by atoms with Crippen molar-refractivity contribution >= 4 is 6.29 Å². The van der Waals surface area contributed by atoms with E-state index in [1.807, 2.05) is 6.92 Å². The van der Waals surface area contributed by atoms with Gasteiger partial charge in [0.05, 0.1) is 6.10 Å². The van der Waals surface area contributed by atoms with Gasteiger partial charge in [0.2, 0.25) is 0 Å². The highest BCUT2D eigenvalue weighted by molar-refractivity contribution is 5.50. The minimum atomic E-state index is -0.309. The summed E-state index contributed by atoms with van der Waals surface area (Å²) in [4.78, 5) is 9.59. The topological polar surface area (TPSA) is 37.3 Å². The first-order valence-corrected chi connectivity index (χ1v) is 2.84. The predicted molar refractivity (Wildman–Crippen MR) is 31.2 cm³/mol. The monoisotopic (exact) mass is 115 g/mol. The van der Waals surface area contributed by atoms with E-state index in [4.69, 9.17) is 5.11 Å². The summed E-state index contributed by atoms with van der Waals surface area (Å²) >= 11 is 0. The minimum Gasteiger partial charge on any atom is -0.393 e. The lowest BCUT2D eigenvalue weighted by Crippen LogP contribution is -2.03. The van der Waals surface area contributed by atoms with Crippen LogP contribution in [-0.4, -0.2) is 17.5 Å². The summed E-state index contributed by atoms with van der Waals surface area (Å²) < 4.78 is 0. The van der Waals surface area contributed by atoms with E-state index in [9.17, 15) is 4.79 Å². The molecule has 1 atom stereocenters. The summed E-state index contributed by atoms with van der Waals surface area (Å²) in [5, 5.41) is 8.81. The van der Waals surface area contributed by atoms with E-state index in [-0.39, 0.29) is 6.10 Å². The van der Waals surface area contributed by atoms with E-state index in [1.165, 1.54) is 0 Å². The third-order valence-corrected chi connectivity index (χ3v) is 1.05. The molecule has 0 aromatic carbocycles. The van der Waals surface area contributed by atoms with Gasteiger partial charge in [-0.3, -0.25) is 4.79 Å². The fraction of sp³-hybridized carbons (Fsp3) is 0.833. The van der Waals surface area contributed by atoms with Gasteiger partial charge >= 0.3 is 0 Å². The van der Waals surface area contributed by atoms with Crippen LogP contribution >= 0.6 is 0 Å². The molecule has 47 valence electrons. The van der Waals surface area contributed by atoms with Crippen molar-refractivity contribution in [3.8, 4) is 0 Å². The van der Waals surface area contributed by atoms with Gasteiger partial charge in [0.15, 0.2) is 6.29 Å². The standard InChI is InChI=1S/C6H11O2/c1-2-6(8)4-3-5-7/h6,8H,2-4H2,1H3. The molecule has 1 radical (unpaired) electrons. The summed E-state index contributed by atoms with van der Waals surface area (Å²) in [5.41, 5.74) is 0. The van der Waals surface area contributed by atoms with Crippen LogP contribution in [0.2, 0.25) is 0 Å². The van der Waals surface area contributed by atoms with Crippen LogP contribution in [0, 0.1) is 0 Å². The molecule has 0 fully saturated rings. The largest absolute Gasteiger partial charge is 0.393 e. The third kappa shape index (κ3) is 3.81. The second-order valence-electron chi connectivity index (χ2n) is 1.75. The van der Waals surface area contributed by atoms with Crippen molar-refractivity contribution in [1.82, 2.24) is 0 Å². The van der Waals surface area contributed by atoms with Crippen molar-refractivity contribution in [2.45, 2.75) is 32.3 Å². The Labute approximate surface area is 49.5 Å². The fourth-order valence-corrected chi connectivity index (χ4v) is 0.430. The molecule has 0 aromatic heterocycles. The zero-order valence-electron chi connectivity index (χ0n) is 5.05. The van der Waals surface area contributed by atoms with Crippen molar-refractivity contribution in [2.75, 3.05) is 0 Å². The summed E-state index contributed by atoms with van der Waals surface area (Å²) in [5.74, 6) is 0. The fourth-order valence-electron chi connectivity index (χ4n) is 0.430. The van der Waals surface area contributed by atoms with E-state index in [2.05, 4.69) is 0 Å². The molecule has 1 unspecified atom stereocenters. The van der Waals surface area contributed by atoms with Gasteiger partial charge < -0.3 is 5.11 Å². The van der Waals surface area contributed by atoms with Gasteiger partial charge in [-0.15, -0.1) is 0 Å². The van der Waals surface area contributed by atoms with Crippen molar-refractivity contribution in [3.05, 3.63) is 0 Å². The lowest BCUT2D eigenvalue weighted by atomic mass is 10.2. The normalized spacial score (nSPS) is 13.2. The molecule has 2 nitrogen and oxygen atoms in total. The van der Waals surface area contributed by atoms with Gasteiger partial charge in [-0.25, -0.2) is 0 Å². The molecule has 0 rings (SSSR count). The Morgan fingerprint density at radius 3 is 2.75 bits per heavy atom. The van der Waals surface area contributed by atoms with Crippen LogP contribution in [-0.2, 0) is 4.79 Å². The molecule has 0 aliphatic carbocycles. The first kappa shape index (κ1) is 7.63. The van der Waals surface area contributed by atoms with Crippen LogP contribution in [0.15, 0.2) is 0 Å². The molecule has 8 heavy (non-hydrogen) atoms. The predicted octanol–water partition coefficient (Wildman–Crippen LogP) is 0.647. The van der Waals surface area contributed by atoms with E-state index in [1.54, 1.807) is 6.29 Å². The molecule has 0 amide bonds. The lowest BCUT2D eigenvalue weighted by Gasteiger charge is -2.01. The SMILES string of the molecule is CCC(O)CC[C]=O. The molecule has 0 aromatic rings. The minimum absolute atomic E-state index is 0.309. The number of carbonyl (C=O) groups excluding carboxylic acids is 1. The Morgan fingerprint density at radius 1 is 1.75 bits per heavy atom. The Hall–Kier alpha value is -0.370. The number of aliphatic hydroxyl groups excluding tert-OH is 1. The third-order valence-electron chi connectivity index (χ3n) is 1.05. The van der Waals surface area contributed by atoms with Crippen molar-refractivity contribution in [2.24, 2.45) is 0 Å². The van der Waals surface area contributed by atoms with Gasteiger partial charge in [-0.1, -0.05) is 6.92 Å². The number of aliphatic hydroxyl groups is 1. The van der Waals surface area contributed by atoms with Crippen LogP contribution in [0.1, 0.15) is 26.2 Å². The number of rotatable bonds is 4. The molecule has 0 aliphatic rings. The molecule has 0 saturated heterocycles. The zero-order chi connectivity index (χ0) is 6.41. The maximum atomic E-state index is 9.59. The number of hydrogen-bond donors (Lipinski definition) is 1. The van der Waals surface area contributed by atoms with Crippen molar-refractivity contribution in [3.63, 3.8) is 0 Å². The maximum Gasteiger partial charge on any atom is 0.198 e. The molecule has 0 heterocycles. The van der Waals surface area contributed by atoms with Crippen LogP contribution < -0.4 is 0 Å². The maximum absolute atomic E-state index is 9.59. The lowest BCUT2D eigenvalue weighted by molar-refractivity contribution is 0.162. The van der Waals surface area contributed by atoms with Gasteiger partial charge in [-0.05, 0) is 12.8 Å². The molecule has 1 N–H and O–H groups in total. The smallest absolute Gasteiger partial charge is 0.198 e. The second-order valence-corrected chi connectivity index (χ2v) is 1.75. The van der Waals surface area contributed by atoms with Crippen LogP contribution in [0.5, 0.6) is 0 Å². The first-order valence-electron chi connectivity index (χ1n) is 2.84. The van der Waals surface area contributed by atoms with Gasteiger partial charge in [0, 0.05) is 6.42 Å². The zero-order valence-corrected chi connectivity index (χ0v) is 5.05. The van der Waals surface area contributed by atoms with Crippen LogP contribution in [0.25, 0.3) is 0 Å². The Morgan fingerprint density at radius 2 is 2.38 bits per heavy atom.